The van der Waals surface area contributed by atoms with Gasteiger partial charge in [-0.2, -0.15) is 0 Å². The van der Waals surface area contributed by atoms with Crippen LogP contribution in [0.5, 0.6) is 0 Å². The highest BCUT2D eigenvalue weighted by Gasteiger charge is 2.18. The molecule has 0 fully saturated rings. The molecule has 2 amide bonds. The van der Waals surface area contributed by atoms with Crippen molar-refractivity contribution in [3.05, 3.63) is 104 Å². The predicted molar refractivity (Wildman–Crippen MR) is 125 cm³/mol. The Kier molecular flexibility index (Phi) is 6.16. The van der Waals surface area contributed by atoms with Crippen LogP contribution in [-0.4, -0.2) is 16.7 Å². The number of hydrogen-bond acceptors (Lipinski definition) is 5. The van der Waals surface area contributed by atoms with Crippen molar-refractivity contribution in [1.82, 2.24) is 5.32 Å². The number of nitro groups is 1. The molecule has 9 heteroatoms. The molecule has 3 aromatic carbocycles. The molecule has 0 saturated heterocycles. The Labute approximate surface area is 191 Å². The van der Waals surface area contributed by atoms with Crippen LogP contribution in [-0.2, 0) is 6.54 Å². The summed E-state index contributed by atoms with van der Waals surface area (Å²) in [6.07, 6.45) is 0. The van der Waals surface area contributed by atoms with Gasteiger partial charge in [-0.05, 0) is 40.6 Å². The number of hydrogen-bond donors (Lipinski definition) is 2. The number of rotatable bonds is 6. The number of thiophene rings is 1. The van der Waals surface area contributed by atoms with E-state index in [9.17, 15) is 19.7 Å². The topological polar surface area (TPSA) is 101 Å². The van der Waals surface area contributed by atoms with Gasteiger partial charge in [-0.3, -0.25) is 19.7 Å². The molecule has 1 aromatic heterocycles. The number of amides is 2. The summed E-state index contributed by atoms with van der Waals surface area (Å²) in [7, 11) is 0. The van der Waals surface area contributed by atoms with Crippen LogP contribution < -0.4 is 10.6 Å². The Morgan fingerprint density at radius 1 is 0.969 bits per heavy atom. The van der Waals surface area contributed by atoms with E-state index in [0.717, 1.165) is 21.7 Å². The van der Waals surface area contributed by atoms with Crippen LogP contribution in [0.2, 0.25) is 5.02 Å². The molecule has 0 spiro atoms. The summed E-state index contributed by atoms with van der Waals surface area (Å²) in [5.74, 6) is -0.917. The molecule has 0 aliphatic carbocycles. The van der Waals surface area contributed by atoms with Crippen LogP contribution in [0.15, 0.2) is 72.1 Å². The van der Waals surface area contributed by atoms with Gasteiger partial charge in [0.1, 0.15) is 0 Å². The minimum Gasteiger partial charge on any atom is -0.348 e. The molecule has 2 N–H and O–H groups in total. The van der Waals surface area contributed by atoms with Gasteiger partial charge in [0, 0.05) is 23.4 Å². The van der Waals surface area contributed by atoms with E-state index in [2.05, 4.69) is 10.6 Å². The van der Waals surface area contributed by atoms with Crippen molar-refractivity contribution in [2.75, 3.05) is 5.32 Å². The summed E-state index contributed by atoms with van der Waals surface area (Å²) in [6, 6.07) is 18.1. The van der Waals surface area contributed by atoms with E-state index in [4.69, 9.17) is 11.6 Å². The van der Waals surface area contributed by atoms with E-state index >= 15 is 0 Å². The van der Waals surface area contributed by atoms with Gasteiger partial charge in [-0.1, -0.05) is 41.9 Å². The van der Waals surface area contributed by atoms with E-state index in [1.165, 1.54) is 12.1 Å². The van der Waals surface area contributed by atoms with E-state index in [-0.39, 0.29) is 22.2 Å². The lowest BCUT2D eigenvalue weighted by atomic mass is 10.1. The van der Waals surface area contributed by atoms with E-state index in [1.807, 2.05) is 29.6 Å². The minimum atomic E-state index is -0.593. The molecule has 1 heterocycles. The Bertz CT molecular complexity index is 1350. The number of non-ortho nitro benzene ring substituents is 1. The number of halogens is 1. The molecule has 4 aromatic rings. The van der Waals surface area contributed by atoms with Gasteiger partial charge in [0.25, 0.3) is 17.5 Å². The lowest BCUT2D eigenvalue weighted by Gasteiger charge is -2.12. The molecule has 0 aliphatic heterocycles. The van der Waals surface area contributed by atoms with Crippen LogP contribution in [0.25, 0.3) is 10.1 Å². The van der Waals surface area contributed by atoms with Crippen LogP contribution in [0.3, 0.4) is 0 Å². The van der Waals surface area contributed by atoms with Crippen molar-refractivity contribution in [2.24, 2.45) is 0 Å². The average molecular weight is 466 g/mol. The number of carbonyl (C=O) groups is 2. The van der Waals surface area contributed by atoms with Crippen molar-refractivity contribution in [3.63, 3.8) is 0 Å². The second kappa shape index (κ2) is 9.17. The maximum atomic E-state index is 12.8. The standard InChI is InChI=1S/C23H16ClN3O4S/c24-19-11-15(27(30)31)9-10-17(19)23(29)26-20-7-3-1-6-18(20)22(28)25-12-14-13-32-21-8-4-2-5-16(14)21/h1-11,13H,12H2,(H,25,28)(H,26,29). The number of fused-ring (bicyclic) bond motifs is 1. The third-order valence-electron chi connectivity index (χ3n) is 4.83. The Morgan fingerprint density at radius 2 is 1.72 bits per heavy atom. The molecule has 160 valence electrons. The average Bonchev–Trinajstić information content (AvgIpc) is 3.20. The number of anilines is 1. The number of nitro benzene ring substituents is 1. The maximum Gasteiger partial charge on any atom is 0.270 e. The van der Waals surface area contributed by atoms with Gasteiger partial charge >= 0.3 is 0 Å². The smallest absolute Gasteiger partial charge is 0.270 e. The highest BCUT2D eigenvalue weighted by molar-refractivity contribution is 7.17. The summed E-state index contributed by atoms with van der Waals surface area (Å²) in [5, 5.41) is 19.5. The second-order valence-electron chi connectivity index (χ2n) is 6.86. The molecule has 0 bridgehead atoms. The van der Waals surface area contributed by atoms with E-state index in [1.54, 1.807) is 35.6 Å². The number of nitrogens with one attached hydrogen (secondary N) is 2. The van der Waals surface area contributed by atoms with E-state index in [0.29, 0.717) is 17.8 Å². The summed E-state index contributed by atoms with van der Waals surface area (Å²) < 4.78 is 1.14. The predicted octanol–water partition coefficient (Wildman–Crippen LogP) is 5.65. The van der Waals surface area contributed by atoms with Crippen molar-refractivity contribution in [1.29, 1.82) is 0 Å². The monoisotopic (exact) mass is 465 g/mol. The molecule has 4 rings (SSSR count). The van der Waals surface area contributed by atoms with Crippen LogP contribution in [0.1, 0.15) is 26.3 Å². The van der Waals surface area contributed by atoms with Gasteiger partial charge in [-0.15, -0.1) is 11.3 Å². The fourth-order valence-electron chi connectivity index (χ4n) is 3.22. The molecular formula is C23H16ClN3O4S. The first-order chi connectivity index (χ1) is 15.4. The molecule has 0 unspecified atom stereocenters. The first-order valence-corrected chi connectivity index (χ1v) is 10.8. The highest BCUT2D eigenvalue weighted by Crippen LogP contribution is 2.26. The highest BCUT2D eigenvalue weighted by atomic mass is 35.5. The Balaban J connectivity index is 1.50. The van der Waals surface area contributed by atoms with Gasteiger partial charge in [0.05, 0.1) is 26.8 Å². The minimum absolute atomic E-state index is 0.0528. The molecule has 0 aliphatic rings. The number of carbonyl (C=O) groups excluding carboxylic acids is 2. The van der Waals surface area contributed by atoms with Crippen molar-refractivity contribution >= 4 is 56.2 Å². The third-order valence-corrected chi connectivity index (χ3v) is 6.15. The molecule has 0 atom stereocenters. The zero-order chi connectivity index (χ0) is 22.7. The number of benzene rings is 3. The molecule has 0 saturated carbocycles. The SMILES string of the molecule is O=C(Nc1ccccc1C(=O)NCc1csc2ccccc12)c1ccc([N+](=O)[O-])cc1Cl. The van der Waals surface area contributed by atoms with Gasteiger partial charge in [-0.25, -0.2) is 0 Å². The van der Waals surface area contributed by atoms with Gasteiger partial charge in [0.15, 0.2) is 0 Å². The quantitative estimate of drug-likeness (QED) is 0.284. The molecular weight excluding hydrogens is 450 g/mol. The Hall–Kier alpha value is -3.75. The zero-order valence-electron chi connectivity index (χ0n) is 16.5. The lowest BCUT2D eigenvalue weighted by molar-refractivity contribution is -0.384. The number of nitrogens with zero attached hydrogens (tertiary/aromatic N) is 1. The normalized spacial score (nSPS) is 10.7. The molecule has 7 nitrogen and oxygen atoms in total. The number of para-hydroxylation sites is 1. The zero-order valence-corrected chi connectivity index (χ0v) is 18.1. The summed E-state index contributed by atoms with van der Waals surface area (Å²) in [4.78, 5) is 35.8. The van der Waals surface area contributed by atoms with Crippen LogP contribution in [0.4, 0.5) is 11.4 Å². The summed E-state index contributed by atoms with van der Waals surface area (Å²) >= 11 is 7.66. The van der Waals surface area contributed by atoms with Crippen molar-refractivity contribution in [2.45, 2.75) is 6.54 Å². The first-order valence-electron chi connectivity index (χ1n) is 9.51. The first kappa shape index (κ1) is 21.5. The molecule has 0 radical (unpaired) electrons. The summed E-state index contributed by atoms with van der Waals surface area (Å²) in [5.41, 5.74) is 1.46. The van der Waals surface area contributed by atoms with E-state index < -0.39 is 10.8 Å². The maximum absolute atomic E-state index is 12.8. The van der Waals surface area contributed by atoms with Crippen LogP contribution in [0, 0.1) is 10.1 Å². The lowest BCUT2D eigenvalue weighted by Crippen LogP contribution is -2.24. The fraction of sp³-hybridized carbons (Fsp3) is 0.0435. The van der Waals surface area contributed by atoms with Crippen LogP contribution >= 0.6 is 22.9 Å². The second-order valence-corrected chi connectivity index (χ2v) is 8.18. The Morgan fingerprint density at radius 3 is 2.50 bits per heavy atom. The fourth-order valence-corrected chi connectivity index (χ4v) is 4.45. The van der Waals surface area contributed by atoms with Gasteiger partial charge < -0.3 is 10.6 Å². The largest absolute Gasteiger partial charge is 0.348 e. The summed E-state index contributed by atoms with van der Waals surface area (Å²) in [6.45, 7) is 0.347. The van der Waals surface area contributed by atoms with Gasteiger partial charge in [0.2, 0.25) is 0 Å². The van der Waals surface area contributed by atoms with Crippen molar-refractivity contribution in [3.8, 4) is 0 Å². The molecule has 32 heavy (non-hydrogen) atoms. The third kappa shape index (κ3) is 4.46. The van der Waals surface area contributed by atoms with Crippen molar-refractivity contribution < 1.29 is 14.5 Å².